The number of nitrogens with one attached hydrogen (secondary N) is 1. The number of nitrogens with two attached hydrogens (primary N) is 1. The molecule has 19 heavy (non-hydrogen) atoms. The van der Waals surface area contributed by atoms with Crippen LogP contribution in [0.2, 0.25) is 5.02 Å². The molecule has 1 rings (SSSR count). The zero-order valence-corrected chi connectivity index (χ0v) is 10.7. The first-order valence-electron chi connectivity index (χ1n) is 5.37. The number of benzene rings is 1. The molecule has 100 valence electrons. The van der Waals surface area contributed by atoms with Gasteiger partial charge in [-0.1, -0.05) is 29.8 Å². The lowest BCUT2D eigenvalue weighted by atomic mass is 10.0. The lowest BCUT2D eigenvalue weighted by molar-refractivity contribution is -0.142. The Kier molecular flexibility index (Phi) is 5.64. The van der Waals surface area contributed by atoms with Crippen molar-refractivity contribution in [3.8, 4) is 6.07 Å². The number of ether oxygens (including phenoxy) is 1. The van der Waals surface area contributed by atoms with Crippen LogP contribution in [0.1, 0.15) is 18.0 Å². The summed E-state index contributed by atoms with van der Waals surface area (Å²) in [4.78, 5) is 22.4. The summed E-state index contributed by atoms with van der Waals surface area (Å²) in [6.07, 6.45) is -0.158. The SMILES string of the molecule is N#CCOC(=O)C[C@H](NC(N)=O)c1ccccc1Cl. The van der Waals surface area contributed by atoms with Gasteiger partial charge >= 0.3 is 12.0 Å². The molecule has 0 bridgehead atoms. The average Bonchev–Trinajstić information content (AvgIpc) is 2.35. The van der Waals surface area contributed by atoms with E-state index in [4.69, 9.17) is 22.6 Å². The predicted molar refractivity (Wildman–Crippen MR) is 68.1 cm³/mol. The van der Waals surface area contributed by atoms with E-state index in [1.165, 1.54) is 0 Å². The van der Waals surface area contributed by atoms with Crippen molar-refractivity contribution in [1.82, 2.24) is 5.32 Å². The number of urea groups is 1. The molecule has 3 N–H and O–H groups in total. The fourth-order valence-corrected chi connectivity index (χ4v) is 1.77. The highest BCUT2D eigenvalue weighted by Crippen LogP contribution is 2.25. The molecule has 0 aliphatic carbocycles. The Bertz CT molecular complexity index is 513. The van der Waals surface area contributed by atoms with E-state index in [9.17, 15) is 9.59 Å². The minimum Gasteiger partial charge on any atom is -0.450 e. The number of hydrogen-bond donors (Lipinski definition) is 2. The molecule has 0 fully saturated rings. The maximum atomic E-state index is 11.5. The van der Waals surface area contributed by atoms with Crippen LogP contribution in [-0.4, -0.2) is 18.6 Å². The second kappa shape index (κ2) is 7.24. The van der Waals surface area contributed by atoms with Crippen LogP contribution in [-0.2, 0) is 9.53 Å². The zero-order valence-electron chi connectivity index (χ0n) is 9.93. The summed E-state index contributed by atoms with van der Waals surface area (Å²) in [5.74, 6) is -0.625. The van der Waals surface area contributed by atoms with Gasteiger partial charge in [-0.25, -0.2) is 4.79 Å². The van der Waals surface area contributed by atoms with Crippen molar-refractivity contribution in [3.05, 3.63) is 34.9 Å². The molecule has 0 unspecified atom stereocenters. The van der Waals surface area contributed by atoms with Gasteiger partial charge in [0.05, 0.1) is 12.5 Å². The smallest absolute Gasteiger partial charge is 0.312 e. The standard InChI is InChI=1S/C12H12ClN3O3/c13-9-4-2-1-3-8(9)10(16-12(15)18)7-11(17)19-6-5-14/h1-4,10H,6-7H2,(H3,15,16,18)/t10-/m0/s1. The van der Waals surface area contributed by atoms with E-state index >= 15 is 0 Å². The highest BCUT2D eigenvalue weighted by molar-refractivity contribution is 6.31. The van der Waals surface area contributed by atoms with Crippen LogP contribution in [0, 0.1) is 11.3 Å². The Morgan fingerprint density at radius 2 is 2.16 bits per heavy atom. The van der Waals surface area contributed by atoms with Crippen molar-refractivity contribution in [1.29, 1.82) is 5.26 Å². The molecule has 1 atom stereocenters. The van der Waals surface area contributed by atoms with Crippen molar-refractivity contribution in [2.45, 2.75) is 12.5 Å². The first-order chi connectivity index (χ1) is 9.04. The Labute approximate surface area is 115 Å². The summed E-state index contributed by atoms with van der Waals surface area (Å²) in [7, 11) is 0. The second-order valence-corrected chi connectivity index (χ2v) is 4.01. The molecule has 0 saturated heterocycles. The van der Waals surface area contributed by atoms with Gasteiger partial charge in [0.25, 0.3) is 0 Å². The number of halogens is 1. The van der Waals surface area contributed by atoms with Gasteiger partial charge in [-0.3, -0.25) is 4.79 Å². The van der Waals surface area contributed by atoms with Gasteiger partial charge in [-0.05, 0) is 11.6 Å². The second-order valence-electron chi connectivity index (χ2n) is 3.61. The highest BCUT2D eigenvalue weighted by Gasteiger charge is 2.20. The van der Waals surface area contributed by atoms with E-state index in [1.807, 2.05) is 0 Å². The number of primary amides is 1. The van der Waals surface area contributed by atoms with E-state index in [1.54, 1.807) is 30.3 Å². The van der Waals surface area contributed by atoms with Crippen LogP contribution >= 0.6 is 11.6 Å². The van der Waals surface area contributed by atoms with Crippen LogP contribution in [0.5, 0.6) is 0 Å². The normalized spacial score (nSPS) is 11.2. The quantitative estimate of drug-likeness (QED) is 0.798. The molecule has 1 aromatic carbocycles. The minimum absolute atomic E-state index is 0.158. The molecule has 6 nitrogen and oxygen atoms in total. The number of nitriles is 1. The molecule has 7 heteroatoms. The van der Waals surface area contributed by atoms with Crippen molar-refractivity contribution < 1.29 is 14.3 Å². The number of carbonyl (C=O) groups is 2. The molecule has 0 aromatic heterocycles. The summed E-state index contributed by atoms with van der Waals surface area (Å²) in [6.45, 7) is -0.343. The summed E-state index contributed by atoms with van der Waals surface area (Å²) >= 11 is 5.99. The molecule has 0 saturated carbocycles. The number of carbonyl (C=O) groups excluding carboxylic acids is 2. The van der Waals surface area contributed by atoms with Crippen molar-refractivity contribution in [3.63, 3.8) is 0 Å². The number of hydrogen-bond acceptors (Lipinski definition) is 4. The summed E-state index contributed by atoms with van der Waals surface area (Å²) < 4.78 is 4.63. The fourth-order valence-electron chi connectivity index (χ4n) is 1.51. The Morgan fingerprint density at radius 3 is 2.74 bits per heavy atom. The van der Waals surface area contributed by atoms with E-state index < -0.39 is 18.0 Å². The molecule has 0 aliphatic rings. The average molecular weight is 282 g/mol. The van der Waals surface area contributed by atoms with Crippen molar-refractivity contribution in [2.24, 2.45) is 5.73 Å². The Morgan fingerprint density at radius 1 is 1.47 bits per heavy atom. The topological polar surface area (TPSA) is 105 Å². The molecule has 0 heterocycles. The first-order valence-corrected chi connectivity index (χ1v) is 5.75. The van der Waals surface area contributed by atoms with E-state index in [-0.39, 0.29) is 13.0 Å². The number of rotatable bonds is 5. The minimum atomic E-state index is -0.780. The van der Waals surface area contributed by atoms with Crippen LogP contribution < -0.4 is 11.1 Å². The fraction of sp³-hybridized carbons (Fsp3) is 0.250. The van der Waals surface area contributed by atoms with Gasteiger partial charge in [-0.2, -0.15) is 5.26 Å². The van der Waals surface area contributed by atoms with E-state index in [0.29, 0.717) is 10.6 Å². The molecule has 0 aliphatic heterocycles. The highest BCUT2D eigenvalue weighted by atomic mass is 35.5. The largest absolute Gasteiger partial charge is 0.450 e. The van der Waals surface area contributed by atoms with Gasteiger partial charge in [0.15, 0.2) is 6.61 Å². The van der Waals surface area contributed by atoms with Gasteiger partial charge in [-0.15, -0.1) is 0 Å². The van der Waals surface area contributed by atoms with E-state index in [2.05, 4.69) is 10.1 Å². The summed E-state index contributed by atoms with van der Waals surface area (Å²) in [5.41, 5.74) is 5.61. The number of esters is 1. The van der Waals surface area contributed by atoms with Gasteiger partial charge < -0.3 is 15.8 Å². The molecule has 1 aromatic rings. The van der Waals surface area contributed by atoms with Gasteiger partial charge in [0.1, 0.15) is 6.07 Å². The maximum absolute atomic E-state index is 11.5. The lowest BCUT2D eigenvalue weighted by Crippen LogP contribution is -2.34. The van der Waals surface area contributed by atoms with E-state index in [0.717, 1.165) is 0 Å². The molecular weight excluding hydrogens is 270 g/mol. The van der Waals surface area contributed by atoms with Crippen LogP contribution in [0.3, 0.4) is 0 Å². The Hall–Kier alpha value is -2.26. The van der Waals surface area contributed by atoms with Crippen molar-refractivity contribution >= 4 is 23.6 Å². The molecule has 0 radical (unpaired) electrons. The summed E-state index contributed by atoms with van der Waals surface area (Å²) in [6, 6.07) is 6.95. The van der Waals surface area contributed by atoms with Crippen LogP contribution in [0.4, 0.5) is 4.79 Å². The van der Waals surface area contributed by atoms with Gasteiger partial charge in [0.2, 0.25) is 0 Å². The number of amides is 2. The number of nitrogens with zero attached hydrogens (tertiary/aromatic N) is 1. The predicted octanol–water partition coefficient (Wildman–Crippen LogP) is 1.51. The third-order valence-electron chi connectivity index (χ3n) is 2.27. The van der Waals surface area contributed by atoms with Crippen LogP contribution in [0.15, 0.2) is 24.3 Å². The molecule has 2 amide bonds. The zero-order chi connectivity index (χ0) is 14.3. The third-order valence-corrected chi connectivity index (χ3v) is 2.61. The third kappa shape index (κ3) is 4.85. The maximum Gasteiger partial charge on any atom is 0.312 e. The van der Waals surface area contributed by atoms with Gasteiger partial charge in [0, 0.05) is 5.02 Å². The molecular formula is C12H12ClN3O3. The van der Waals surface area contributed by atoms with Crippen LogP contribution in [0.25, 0.3) is 0 Å². The monoisotopic (exact) mass is 281 g/mol. The lowest BCUT2D eigenvalue weighted by Gasteiger charge is -2.18. The first kappa shape index (κ1) is 14.8. The molecule has 0 spiro atoms. The Balaban J connectivity index is 2.84. The van der Waals surface area contributed by atoms with Crippen molar-refractivity contribution in [2.75, 3.05) is 6.61 Å². The summed E-state index contributed by atoms with van der Waals surface area (Å²) in [5, 5.41) is 11.1.